The second-order valence-electron chi connectivity index (χ2n) is 18.4. The van der Waals surface area contributed by atoms with Crippen LogP contribution in [0, 0.1) is 41.4 Å². The van der Waals surface area contributed by atoms with Gasteiger partial charge in [0.15, 0.2) is 0 Å². The maximum absolute atomic E-state index is 8.86. The highest BCUT2D eigenvalue weighted by Crippen LogP contribution is 2.13. The molecule has 0 spiro atoms. The Morgan fingerprint density at radius 3 is 0.864 bits per heavy atom. The van der Waals surface area contributed by atoms with E-state index in [0.29, 0.717) is 75.3 Å². The number of nitrogens with zero attached hydrogens (tertiary/aromatic N) is 1. The van der Waals surface area contributed by atoms with E-state index in [4.69, 9.17) is 56.9 Å². The van der Waals surface area contributed by atoms with Crippen LogP contribution in [-0.4, -0.2) is 133 Å². The average Bonchev–Trinajstić information content (AvgIpc) is 3.17. The van der Waals surface area contributed by atoms with E-state index in [9.17, 15) is 0 Å². The number of hydrogen-bond donors (Lipinski definition) is 11. The third kappa shape index (κ3) is 89.5. The molecule has 12 nitrogen and oxygen atoms in total. The first kappa shape index (κ1) is 72.9. The van der Waals surface area contributed by atoms with Crippen molar-refractivity contribution in [1.82, 2.24) is 5.01 Å². The highest BCUT2D eigenvalue weighted by Gasteiger charge is 2.06. The van der Waals surface area contributed by atoms with Crippen molar-refractivity contribution < 1.29 is 51.1 Å². The van der Waals surface area contributed by atoms with Crippen molar-refractivity contribution >= 4 is 0 Å². The van der Waals surface area contributed by atoms with Gasteiger partial charge in [-0.1, -0.05) is 109 Å². The number of hydrogen-bond acceptors (Lipinski definition) is 12. The van der Waals surface area contributed by atoms with Crippen molar-refractivity contribution in [1.29, 1.82) is 0 Å². The van der Waals surface area contributed by atoms with E-state index in [1.54, 1.807) is 5.01 Å². The van der Waals surface area contributed by atoms with Gasteiger partial charge >= 0.3 is 0 Å². The van der Waals surface area contributed by atoms with Gasteiger partial charge in [0.25, 0.3) is 0 Å². The molecule has 12 N–H and O–H groups in total. The second kappa shape index (κ2) is 57.5. The molecule has 4 atom stereocenters. The van der Waals surface area contributed by atoms with Crippen molar-refractivity contribution in [2.24, 2.45) is 47.3 Å². The number of unbranched alkanes of at least 4 members (excludes halogenated alkanes) is 1. The van der Waals surface area contributed by atoms with Crippen LogP contribution in [0.25, 0.3) is 0 Å². The summed E-state index contributed by atoms with van der Waals surface area (Å²) >= 11 is 0. The molecule has 0 bridgehead atoms. The van der Waals surface area contributed by atoms with Crippen LogP contribution in [0.2, 0.25) is 0 Å². The minimum atomic E-state index is -0.507. The summed E-state index contributed by atoms with van der Waals surface area (Å²) in [6.45, 7) is 33.2. The maximum atomic E-state index is 8.86. The lowest BCUT2D eigenvalue weighted by Gasteiger charge is -2.18. The summed E-state index contributed by atoms with van der Waals surface area (Å²) in [5.41, 5.74) is 0. The van der Waals surface area contributed by atoms with Gasteiger partial charge in [-0.3, -0.25) is 5.84 Å². The fraction of sp³-hybridized carbons (Fsp3) is 1.00. The lowest BCUT2D eigenvalue weighted by Crippen LogP contribution is -2.39. The molecule has 0 aliphatic rings. The molecule has 0 saturated heterocycles. The molecule has 0 fully saturated rings. The summed E-state index contributed by atoms with van der Waals surface area (Å²) < 4.78 is 0. The van der Waals surface area contributed by atoms with Crippen molar-refractivity contribution in [3.05, 3.63) is 0 Å². The minimum absolute atomic E-state index is 0.104. The maximum Gasteiger partial charge on any atom is 0.0771 e. The molecule has 0 aromatic heterocycles. The molecule has 12 heteroatoms. The molecule has 2 unspecified atom stereocenters. The largest absolute Gasteiger partial charge is 0.396 e. The van der Waals surface area contributed by atoms with Gasteiger partial charge in [-0.15, -0.1) is 0 Å². The fourth-order valence-electron chi connectivity index (χ4n) is 4.43. The van der Waals surface area contributed by atoms with Crippen molar-refractivity contribution in [3.8, 4) is 0 Å². The van der Waals surface area contributed by atoms with Crippen LogP contribution in [-0.2, 0) is 0 Å². The molecule has 0 aliphatic heterocycles. The predicted octanol–water partition coefficient (Wildman–Crippen LogP) is 7.16. The van der Waals surface area contributed by atoms with E-state index in [1.807, 2.05) is 13.8 Å². The SMILES string of the molecule is CC(C)CCC(O)CO.CC(C)CCCCO.CC(C)CCCO.CC(C)CC[C@@H](O)CO.CC(C)CC[C@H](O)CO.CC(C)N(N)CCO.CCC(CO)CC(C)C. The molecule has 368 valence electrons. The number of nitrogens with two attached hydrogens (primary N) is 1. The molecule has 0 aliphatic carbocycles. The standard InChI is InChI=1S/C8H18O.3C7H16O2.C7H16O.C6H14O.C5H14N2O/c1-4-8(6-9)5-7(2)3;3*1-6(2)3-4-7(9)5-8;1-7(2)5-3-4-6-8;1-6(2)4-3-5-7;1-5(2)7(6)3-4-8/h7-9H,4-6H2,1-3H3;3*6-9H,3-5H2,1-2H3;7-8H,3-6H2,1-2H3;6-7H,3-5H2,1-2H3;5,8H,3-4,6H2,1-2H3/t;2*7-;;;;/m.10..../s1. The van der Waals surface area contributed by atoms with Crippen LogP contribution < -0.4 is 5.84 Å². The summed E-state index contributed by atoms with van der Waals surface area (Å²) in [4.78, 5) is 0. The zero-order valence-corrected chi connectivity index (χ0v) is 41.7. The average molecular weight is 863 g/mol. The third-order valence-corrected chi connectivity index (χ3v) is 8.65. The molecule has 0 saturated carbocycles. The molecule has 59 heavy (non-hydrogen) atoms. The van der Waals surface area contributed by atoms with Crippen LogP contribution in [0.5, 0.6) is 0 Å². The molecular formula is C47H110N2O10. The molecule has 0 amide bonds. The first-order valence-electron chi connectivity index (χ1n) is 23.2. The fourth-order valence-corrected chi connectivity index (χ4v) is 4.43. The van der Waals surface area contributed by atoms with Crippen LogP contribution in [0.4, 0.5) is 0 Å². The summed E-state index contributed by atoms with van der Waals surface area (Å²) in [7, 11) is 0. The highest BCUT2D eigenvalue weighted by molar-refractivity contribution is 4.58. The summed E-state index contributed by atoms with van der Waals surface area (Å²) in [6.07, 6.45) is 11.4. The van der Waals surface area contributed by atoms with Gasteiger partial charge in [-0.25, -0.2) is 5.01 Å². The van der Waals surface area contributed by atoms with Crippen molar-refractivity contribution in [2.45, 2.75) is 212 Å². The summed E-state index contributed by atoms with van der Waals surface area (Å²) in [6, 6.07) is 0.321. The molecule has 0 heterocycles. The smallest absolute Gasteiger partial charge is 0.0771 e. The minimum Gasteiger partial charge on any atom is -0.396 e. The van der Waals surface area contributed by atoms with Gasteiger partial charge < -0.3 is 51.1 Å². The molecule has 0 aromatic rings. The number of rotatable bonds is 26. The number of aliphatic hydroxyl groups is 10. The van der Waals surface area contributed by atoms with Crippen LogP contribution >= 0.6 is 0 Å². The van der Waals surface area contributed by atoms with Crippen LogP contribution in [0.1, 0.15) is 187 Å². The lowest BCUT2D eigenvalue weighted by atomic mass is 9.96. The third-order valence-electron chi connectivity index (χ3n) is 8.65. The van der Waals surface area contributed by atoms with Gasteiger partial charge in [0.1, 0.15) is 0 Å². The van der Waals surface area contributed by atoms with E-state index >= 15 is 0 Å². The van der Waals surface area contributed by atoms with Gasteiger partial charge in [0.05, 0.1) is 44.7 Å². The van der Waals surface area contributed by atoms with Crippen molar-refractivity contribution in [3.63, 3.8) is 0 Å². The summed E-state index contributed by atoms with van der Waals surface area (Å²) in [5, 5.41) is 87.2. The molecular weight excluding hydrogens is 753 g/mol. The van der Waals surface area contributed by atoms with Gasteiger partial charge in [-0.2, -0.15) is 0 Å². The Labute approximate surface area is 367 Å². The second-order valence-corrected chi connectivity index (χ2v) is 18.4. The Morgan fingerprint density at radius 1 is 0.390 bits per heavy atom. The van der Waals surface area contributed by atoms with E-state index in [1.165, 1.54) is 12.8 Å². The van der Waals surface area contributed by atoms with E-state index < -0.39 is 18.3 Å². The Balaban J connectivity index is -0.000000107. The Kier molecular flexibility index (Phi) is 71.1. The molecule has 0 radical (unpaired) electrons. The van der Waals surface area contributed by atoms with Crippen molar-refractivity contribution in [2.75, 3.05) is 52.8 Å². The highest BCUT2D eigenvalue weighted by atomic mass is 16.3. The number of aliphatic hydroxyl groups excluding tert-OH is 10. The Hall–Kier alpha value is -0.480. The molecule has 0 rings (SSSR count). The predicted molar refractivity (Wildman–Crippen MR) is 252 cm³/mol. The van der Waals surface area contributed by atoms with E-state index in [2.05, 4.69) is 90.0 Å². The zero-order valence-electron chi connectivity index (χ0n) is 41.7. The first-order chi connectivity index (χ1) is 27.4. The monoisotopic (exact) mass is 863 g/mol. The Morgan fingerprint density at radius 2 is 0.712 bits per heavy atom. The van der Waals surface area contributed by atoms with Crippen LogP contribution in [0.3, 0.4) is 0 Å². The van der Waals surface area contributed by atoms with Gasteiger partial charge in [0, 0.05) is 32.4 Å². The number of hydrazine groups is 1. The lowest BCUT2D eigenvalue weighted by molar-refractivity contribution is 0.0837. The van der Waals surface area contributed by atoms with Gasteiger partial charge in [-0.05, 0) is 119 Å². The quantitative estimate of drug-likeness (QED) is 0.0236. The molecule has 0 aromatic carbocycles. The summed E-state index contributed by atoms with van der Waals surface area (Å²) in [5.74, 6) is 10.0. The Bertz CT molecular complexity index is 655. The van der Waals surface area contributed by atoms with Crippen LogP contribution in [0.15, 0.2) is 0 Å². The van der Waals surface area contributed by atoms with E-state index in [-0.39, 0.29) is 26.4 Å². The first-order valence-corrected chi connectivity index (χ1v) is 23.2. The topological polar surface area (TPSA) is 232 Å². The van der Waals surface area contributed by atoms with E-state index in [0.717, 1.165) is 69.1 Å². The zero-order chi connectivity index (χ0) is 47.8. The normalized spacial score (nSPS) is 12.9. The van der Waals surface area contributed by atoms with Gasteiger partial charge in [0.2, 0.25) is 0 Å².